The molecule has 0 aliphatic carbocycles. The summed E-state index contributed by atoms with van der Waals surface area (Å²) in [5, 5.41) is 14.2. The second-order valence-corrected chi connectivity index (χ2v) is 9.54. The normalized spacial score (nSPS) is 16.3. The fourth-order valence-corrected chi connectivity index (χ4v) is 4.93. The zero-order valence-electron chi connectivity index (χ0n) is 18.3. The molecule has 1 aliphatic heterocycles. The molecular weight excluding hydrogens is 431 g/mol. The van der Waals surface area contributed by atoms with Crippen molar-refractivity contribution in [3.8, 4) is 5.75 Å². The number of carbonyl (C=O) groups excluding carboxylic acids is 1. The molecule has 1 amide bonds. The number of phenolic OH excluding ortho intramolecular Hbond substituents is 1. The van der Waals surface area contributed by atoms with E-state index in [1.807, 2.05) is 37.3 Å². The highest BCUT2D eigenvalue weighted by atomic mass is 35.5. The minimum Gasteiger partial charge on any atom is -0.506 e. The van der Waals surface area contributed by atoms with Crippen LogP contribution in [0.3, 0.4) is 0 Å². The van der Waals surface area contributed by atoms with Gasteiger partial charge < -0.3 is 15.3 Å². The van der Waals surface area contributed by atoms with Gasteiger partial charge in [-0.05, 0) is 82.3 Å². The first-order chi connectivity index (χ1) is 14.8. The third-order valence-corrected chi connectivity index (χ3v) is 6.92. The number of aromatic hydroxyl groups is 1. The highest BCUT2D eigenvalue weighted by molar-refractivity contribution is 6.37. The second kappa shape index (κ2) is 11.2. The molecule has 0 radical (unpaired) electrons. The molecule has 4 nitrogen and oxygen atoms in total. The molecule has 2 aromatic rings. The summed E-state index contributed by atoms with van der Waals surface area (Å²) in [6, 6.07) is 11.4. The van der Waals surface area contributed by atoms with E-state index >= 15 is 0 Å². The van der Waals surface area contributed by atoms with Gasteiger partial charge in [0.05, 0.1) is 10.6 Å². The zero-order chi connectivity index (χ0) is 22.4. The quantitative estimate of drug-likeness (QED) is 0.526. The number of hydrogen-bond donors (Lipinski definition) is 2. The topological polar surface area (TPSA) is 52.6 Å². The molecule has 1 aliphatic rings. The maximum Gasteiger partial charge on any atom is 0.255 e. The van der Waals surface area contributed by atoms with Crippen LogP contribution < -0.4 is 5.32 Å². The van der Waals surface area contributed by atoms with Gasteiger partial charge >= 0.3 is 0 Å². The lowest BCUT2D eigenvalue weighted by atomic mass is 9.91. The number of benzene rings is 2. The Bertz CT molecular complexity index is 881. The number of nitrogens with zero attached hydrogens (tertiary/aromatic N) is 1. The first-order valence-corrected chi connectivity index (χ1v) is 11.8. The SMILES string of the molecule is C[C@H](Cc1ccccc1)NC(=O)c1cc(Cl)c(CCCC2CCN(C)CC2)c(Cl)c1O. The van der Waals surface area contributed by atoms with Crippen molar-refractivity contribution in [3.05, 3.63) is 63.1 Å². The number of nitrogens with one attached hydrogen (secondary N) is 1. The molecule has 1 heterocycles. The Morgan fingerprint density at radius 3 is 2.58 bits per heavy atom. The Balaban J connectivity index is 1.60. The minimum atomic E-state index is -0.373. The molecule has 0 saturated carbocycles. The highest BCUT2D eigenvalue weighted by Gasteiger charge is 2.22. The molecule has 0 unspecified atom stereocenters. The van der Waals surface area contributed by atoms with Crippen molar-refractivity contribution >= 4 is 29.1 Å². The highest BCUT2D eigenvalue weighted by Crippen LogP contribution is 2.37. The maximum absolute atomic E-state index is 12.7. The number of rotatable bonds is 8. The van der Waals surface area contributed by atoms with Crippen molar-refractivity contribution in [2.24, 2.45) is 5.92 Å². The van der Waals surface area contributed by atoms with Gasteiger partial charge in [0.25, 0.3) is 5.91 Å². The van der Waals surface area contributed by atoms with Gasteiger partial charge in [-0.25, -0.2) is 0 Å². The van der Waals surface area contributed by atoms with E-state index in [1.165, 1.54) is 18.9 Å². The number of halogens is 2. The van der Waals surface area contributed by atoms with Gasteiger partial charge in [-0.15, -0.1) is 0 Å². The molecule has 0 spiro atoms. The van der Waals surface area contributed by atoms with E-state index in [0.29, 0.717) is 17.9 Å². The predicted octanol–water partition coefficient (Wildman–Crippen LogP) is 5.72. The number of piperidine rings is 1. The van der Waals surface area contributed by atoms with Crippen LogP contribution in [0.4, 0.5) is 0 Å². The first-order valence-electron chi connectivity index (χ1n) is 11.1. The van der Waals surface area contributed by atoms with Crippen LogP contribution in [-0.2, 0) is 12.8 Å². The minimum absolute atomic E-state index is 0.0962. The zero-order valence-corrected chi connectivity index (χ0v) is 19.8. The number of hydrogen-bond acceptors (Lipinski definition) is 3. The standard InChI is InChI=1S/C25H32Cl2N2O2/c1-17(15-19-7-4-3-5-8-19)28-25(31)21-16-22(26)20(23(27)24(21)30)10-6-9-18-11-13-29(2)14-12-18/h3-5,7-8,16-18,30H,6,9-15H2,1-2H3,(H,28,31)/t17-/m1/s1. The number of carbonyl (C=O) groups is 1. The molecule has 6 heteroatoms. The molecule has 0 aromatic heterocycles. The van der Waals surface area contributed by atoms with Crippen LogP contribution in [0.5, 0.6) is 5.75 Å². The van der Waals surface area contributed by atoms with Crippen molar-refractivity contribution < 1.29 is 9.90 Å². The van der Waals surface area contributed by atoms with Gasteiger partial charge in [0.2, 0.25) is 0 Å². The van der Waals surface area contributed by atoms with Gasteiger partial charge in [0, 0.05) is 11.1 Å². The lowest BCUT2D eigenvalue weighted by Crippen LogP contribution is -2.34. The fourth-order valence-electron chi connectivity index (χ4n) is 4.29. The van der Waals surface area contributed by atoms with E-state index in [4.69, 9.17) is 23.2 Å². The van der Waals surface area contributed by atoms with E-state index in [0.717, 1.165) is 43.0 Å². The average Bonchev–Trinajstić information content (AvgIpc) is 2.75. The van der Waals surface area contributed by atoms with Crippen molar-refractivity contribution in [3.63, 3.8) is 0 Å². The molecule has 168 valence electrons. The van der Waals surface area contributed by atoms with Gasteiger partial charge in [0.1, 0.15) is 5.75 Å². The predicted molar refractivity (Wildman–Crippen MR) is 128 cm³/mol. The Morgan fingerprint density at radius 2 is 1.90 bits per heavy atom. The molecule has 2 N–H and O–H groups in total. The summed E-state index contributed by atoms with van der Waals surface area (Å²) < 4.78 is 0. The van der Waals surface area contributed by atoms with E-state index in [-0.39, 0.29) is 28.3 Å². The Labute approximate surface area is 195 Å². The van der Waals surface area contributed by atoms with Crippen LogP contribution in [0.2, 0.25) is 10.0 Å². The number of amides is 1. The molecule has 1 atom stereocenters. The van der Waals surface area contributed by atoms with E-state index in [9.17, 15) is 9.90 Å². The summed E-state index contributed by atoms with van der Waals surface area (Å²) in [4.78, 5) is 15.1. The Kier molecular flexibility index (Phi) is 8.65. The van der Waals surface area contributed by atoms with Crippen molar-refractivity contribution in [1.29, 1.82) is 0 Å². The number of phenols is 1. The average molecular weight is 463 g/mol. The van der Waals surface area contributed by atoms with Crippen LogP contribution in [0, 0.1) is 5.92 Å². The van der Waals surface area contributed by atoms with Gasteiger partial charge in [-0.2, -0.15) is 0 Å². The molecule has 1 fully saturated rings. The lowest BCUT2D eigenvalue weighted by molar-refractivity contribution is 0.0937. The summed E-state index contributed by atoms with van der Waals surface area (Å²) in [6.07, 6.45) is 5.94. The summed E-state index contributed by atoms with van der Waals surface area (Å²) in [5.41, 5.74) is 1.98. The van der Waals surface area contributed by atoms with Crippen LogP contribution in [0.1, 0.15) is 54.1 Å². The summed E-state index contributed by atoms with van der Waals surface area (Å²) in [7, 11) is 2.17. The lowest BCUT2D eigenvalue weighted by Gasteiger charge is -2.28. The summed E-state index contributed by atoms with van der Waals surface area (Å²) in [5.74, 6) is 0.172. The molecule has 2 aromatic carbocycles. The third kappa shape index (κ3) is 6.61. The summed E-state index contributed by atoms with van der Waals surface area (Å²) >= 11 is 12.9. The smallest absolute Gasteiger partial charge is 0.255 e. The monoisotopic (exact) mass is 462 g/mol. The van der Waals surface area contributed by atoms with E-state index in [1.54, 1.807) is 0 Å². The van der Waals surface area contributed by atoms with E-state index < -0.39 is 0 Å². The van der Waals surface area contributed by atoms with E-state index in [2.05, 4.69) is 17.3 Å². The second-order valence-electron chi connectivity index (χ2n) is 8.75. The van der Waals surface area contributed by atoms with Crippen LogP contribution in [-0.4, -0.2) is 42.1 Å². The van der Waals surface area contributed by atoms with Crippen molar-refractivity contribution in [1.82, 2.24) is 10.2 Å². The largest absolute Gasteiger partial charge is 0.506 e. The first kappa shape index (κ1) is 23.9. The molecule has 1 saturated heterocycles. The Hall–Kier alpha value is -1.75. The fraction of sp³-hybridized carbons (Fsp3) is 0.480. The van der Waals surface area contributed by atoms with Crippen LogP contribution in [0.15, 0.2) is 36.4 Å². The van der Waals surface area contributed by atoms with Crippen molar-refractivity contribution in [2.45, 2.75) is 51.5 Å². The summed E-state index contributed by atoms with van der Waals surface area (Å²) in [6.45, 7) is 4.24. The van der Waals surface area contributed by atoms with Gasteiger partial charge in [-0.1, -0.05) is 60.0 Å². The number of likely N-dealkylation sites (tertiary alicyclic amines) is 1. The van der Waals surface area contributed by atoms with Gasteiger partial charge in [-0.3, -0.25) is 4.79 Å². The van der Waals surface area contributed by atoms with Crippen LogP contribution in [0.25, 0.3) is 0 Å². The molecular formula is C25H32Cl2N2O2. The van der Waals surface area contributed by atoms with Crippen LogP contribution >= 0.6 is 23.2 Å². The maximum atomic E-state index is 12.7. The molecule has 31 heavy (non-hydrogen) atoms. The van der Waals surface area contributed by atoms with Crippen molar-refractivity contribution in [2.75, 3.05) is 20.1 Å². The molecule has 3 rings (SSSR count). The third-order valence-electron chi connectivity index (χ3n) is 6.17. The van der Waals surface area contributed by atoms with Gasteiger partial charge in [0.15, 0.2) is 0 Å². The molecule has 0 bridgehead atoms. The Morgan fingerprint density at radius 1 is 1.23 bits per heavy atom.